The van der Waals surface area contributed by atoms with E-state index in [-0.39, 0.29) is 11.9 Å². The minimum absolute atomic E-state index is 0.0100. The molecule has 0 radical (unpaired) electrons. The molecule has 3 rings (SSSR count). The monoisotopic (exact) mass is 269 g/mol. The fourth-order valence-corrected chi connectivity index (χ4v) is 2.79. The highest BCUT2D eigenvalue weighted by atomic mass is 16.1. The van der Waals surface area contributed by atoms with Crippen LogP contribution in [0.2, 0.25) is 0 Å². The van der Waals surface area contributed by atoms with Gasteiger partial charge in [-0.15, -0.1) is 0 Å². The quantitative estimate of drug-likeness (QED) is 0.878. The highest BCUT2D eigenvalue weighted by Gasteiger charge is 2.23. The zero-order valence-electron chi connectivity index (χ0n) is 11.6. The molecule has 1 aromatic carbocycles. The van der Waals surface area contributed by atoms with Gasteiger partial charge in [-0.3, -0.25) is 9.78 Å². The number of nitrogens with one attached hydrogen (secondary N) is 2. The van der Waals surface area contributed by atoms with Gasteiger partial charge < -0.3 is 10.6 Å². The SMILES string of the molecule is CC1NCCCC1NC(=O)c1cccc2ncccc12. The smallest absolute Gasteiger partial charge is 0.252 e. The molecular formula is C16H19N3O. The molecule has 20 heavy (non-hydrogen) atoms. The minimum atomic E-state index is -0.0100. The Hall–Kier alpha value is -1.94. The van der Waals surface area contributed by atoms with Gasteiger partial charge in [0.15, 0.2) is 0 Å². The van der Waals surface area contributed by atoms with Crippen LogP contribution in [0.4, 0.5) is 0 Å². The number of aromatic nitrogens is 1. The lowest BCUT2D eigenvalue weighted by molar-refractivity contribution is 0.0921. The zero-order chi connectivity index (χ0) is 13.9. The van der Waals surface area contributed by atoms with Crippen LogP contribution in [0.1, 0.15) is 30.1 Å². The summed E-state index contributed by atoms with van der Waals surface area (Å²) >= 11 is 0. The van der Waals surface area contributed by atoms with Gasteiger partial charge >= 0.3 is 0 Å². The van der Waals surface area contributed by atoms with Gasteiger partial charge in [-0.05, 0) is 44.5 Å². The average Bonchev–Trinajstić information content (AvgIpc) is 2.49. The Morgan fingerprint density at radius 3 is 3.10 bits per heavy atom. The van der Waals surface area contributed by atoms with E-state index in [1.54, 1.807) is 6.20 Å². The number of piperidine rings is 1. The molecule has 1 aliphatic rings. The number of rotatable bonds is 2. The maximum atomic E-state index is 12.5. The van der Waals surface area contributed by atoms with E-state index in [2.05, 4.69) is 22.5 Å². The first-order valence-corrected chi connectivity index (χ1v) is 7.14. The molecule has 0 spiro atoms. The van der Waals surface area contributed by atoms with Crippen molar-refractivity contribution in [3.63, 3.8) is 0 Å². The maximum absolute atomic E-state index is 12.5. The molecule has 2 heterocycles. The zero-order valence-corrected chi connectivity index (χ0v) is 11.6. The van der Waals surface area contributed by atoms with E-state index in [1.165, 1.54) is 0 Å². The van der Waals surface area contributed by atoms with Gasteiger partial charge in [-0.25, -0.2) is 0 Å². The number of pyridine rings is 1. The molecule has 1 amide bonds. The lowest BCUT2D eigenvalue weighted by Crippen LogP contribution is -2.51. The molecule has 4 heteroatoms. The predicted octanol–water partition coefficient (Wildman–Crippen LogP) is 2.11. The van der Waals surface area contributed by atoms with Crippen molar-refractivity contribution in [3.05, 3.63) is 42.1 Å². The number of fused-ring (bicyclic) bond motifs is 1. The number of carbonyl (C=O) groups is 1. The molecular weight excluding hydrogens is 250 g/mol. The highest BCUT2D eigenvalue weighted by Crippen LogP contribution is 2.17. The Morgan fingerprint density at radius 1 is 1.35 bits per heavy atom. The molecule has 0 aliphatic carbocycles. The van der Waals surface area contributed by atoms with Gasteiger partial charge in [-0.2, -0.15) is 0 Å². The molecule has 2 atom stereocenters. The van der Waals surface area contributed by atoms with Crippen LogP contribution in [-0.4, -0.2) is 29.5 Å². The van der Waals surface area contributed by atoms with Crippen molar-refractivity contribution in [1.29, 1.82) is 0 Å². The summed E-state index contributed by atoms with van der Waals surface area (Å²) in [5.41, 5.74) is 1.56. The van der Waals surface area contributed by atoms with Gasteiger partial charge in [0.2, 0.25) is 0 Å². The van der Waals surface area contributed by atoms with Crippen molar-refractivity contribution in [2.45, 2.75) is 31.8 Å². The van der Waals surface area contributed by atoms with Gasteiger partial charge in [0.25, 0.3) is 5.91 Å². The Balaban J connectivity index is 1.85. The van der Waals surface area contributed by atoms with Gasteiger partial charge in [-0.1, -0.05) is 12.1 Å². The molecule has 2 aromatic rings. The predicted molar refractivity (Wildman–Crippen MR) is 79.7 cm³/mol. The van der Waals surface area contributed by atoms with E-state index < -0.39 is 0 Å². The van der Waals surface area contributed by atoms with Crippen LogP contribution in [0.3, 0.4) is 0 Å². The second kappa shape index (κ2) is 5.59. The molecule has 4 nitrogen and oxygen atoms in total. The van der Waals surface area contributed by atoms with Crippen molar-refractivity contribution < 1.29 is 4.79 Å². The van der Waals surface area contributed by atoms with E-state index in [0.29, 0.717) is 11.6 Å². The highest BCUT2D eigenvalue weighted by molar-refractivity contribution is 6.06. The number of hydrogen-bond donors (Lipinski definition) is 2. The Kier molecular flexibility index (Phi) is 3.65. The molecule has 1 saturated heterocycles. The summed E-state index contributed by atoms with van der Waals surface area (Å²) in [6.45, 7) is 3.15. The molecule has 1 aliphatic heterocycles. The second-order valence-electron chi connectivity index (χ2n) is 5.34. The minimum Gasteiger partial charge on any atom is -0.348 e. The second-order valence-corrected chi connectivity index (χ2v) is 5.34. The van der Waals surface area contributed by atoms with Crippen molar-refractivity contribution in [1.82, 2.24) is 15.6 Å². The van der Waals surface area contributed by atoms with Crippen LogP contribution in [0, 0.1) is 0 Å². The van der Waals surface area contributed by atoms with Crippen molar-refractivity contribution >= 4 is 16.8 Å². The van der Waals surface area contributed by atoms with Crippen molar-refractivity contribution in [2.75, 3.05) is 6.54 Å². The molecule has 2 unspecified atom stereocenters. The molecule has 1 aromatic heterocycles. The van der Waals surface area contributed by atoms with Crippen molar-refractivity contribution in [2.24, 2.45) is 0 Å². The number of carbonyl (C=O) groups excluding carboxylic acids is 1. The van der Waals surface area contributed by atoms with E-state index in [4.69, 9.17) is 0 Å². The summed E-state index contributed by atoms with van der Waals surface area (Å²) in [5, 5.41) is 7.45. The lowest BCUT2D eigenvalue weighted by atomic mass is 9.99. The van der Waals surface area contributed by atoms with Crippen LogP contribution >= 0.6 is 0 Å². The maximum Gasteiger partial charge on any atom is 0.252 e. The van der Waals surface area contributed by atoms with Gasteiger partial charge in [0, 0.05) is 29.2 Å². The third-order valence-corrected chi connectivity index (χ3v) is 3.97. The standard InChI is InChI=1S/C16H19N3O/c1-11-14(8-4-9-17-11)19-16(20)13-5-2-7-15-12(13)6-3-10-18-15/h2-3,5-7,10-11,14,17H,4,8-9H2,1H3,(H,19,20). The van der Waals surface area contributed by atoms with Crippen LogP contribution in [-0.2, 0) is 0 Å². The van der Waals surface area contributed by atoms with Gasteiger partial charge in [0.05, 0.1) is 5.52 Å². The number of amides is 1. The lowest BCUT2D eigenvalue weighted by Gasteiger charge is -2.30. The molecule has 0 saturated carbocycles. The Labute approximate surface area is 118 Å². The van der Waals surface area contributed by atoms with Crippen LogP contribution in [0.5, 0.6) is 0 Å². The summed E-state index contributed by atoms with van der Waals surface area (Å²) in [6, 6.07) is 10.00. The summed E-state index contributed by atoms with van der Waals surface area (Å²) < 4.78 is 0. The van der Waals surface area contributed by atoms with E-state index in [9.17, 15) is 4.79 Å². The first-order chi connectivity index (χ1) is 9.75. The van der Waals surface area contributed by atoms with Crippen LogP contribution in [0.15, 0.2) is 36.5 Å². The fourth-order valence-electron chi connectivity index (χ4n) is 2.79. The van der Waals surface area contributed by atoms with Crippen LogP contribution < -0.4 is 10.6 Å². The Bertz CT molecular complexity index is 621. The van der Waals surface area contributed by atoms with E-state index in [1.807, 2.05) is 30.3 Å². The Morgan fingerprint density at radius 2 is 2.25 bits per heavy atom. The van der Waals surface area contributed by atoms with Gasteiger partial charge in [0.1, 0.15) is 0 Å². The number of hydrogen-bond acceptors (Lipinski definition) is 3. The summed E-state index contributed by atoms with van der Waals surface area (Å²) in [5.74, 6) is -0.0100. The normalized spacial score (nSPS) is 22.6. The van der Waals surface area contributed by atoms with Crippen LogP contribution in [0.25, 0.3) is 10.9 Å². The third-order valence-electron chi connectivity index (χ3n) is 3.97. The van der Waals surface area contributed by atoms with Crippen molar-refractivity contribution in [3.8, 4) is 0 Å². The number of benzene rings is 1. The molecule has 104 valence electrons. The average molecular weight is 269 g/mol. The molecule has 2 N–H and O–H groups in total. The summed E-state index contributed by atoms with van der Waals surface area (Å²) in [4.78, 5) is 16.8. The number of nitrogens with zero attached hydrogens (tertiary/aromatic N) is 1. The van der Waals surface area contributed by atoms with E-state index in [0.717, 1.165) is 30.3 Å². The largest absolute Gasteiger partial charge is 0.348 e. The summed E-state index contributed by atoms with van der Waals surface area (Å²) in [6.07, 6.45) is 3.88. The first-order valence-electron chi connectivity index (χ1n) is 7.14. The summed E-state index contributed by atoms with van der Waals surface area (Å²) in [7, 11) is 0. The molecule has 0 bridgehead atoms. The first kappa shape index (κ1) is 13.1. The molecule has 1 fully saturated rings. The van der Waals surface area contributed by atoms with E-state index >= 15 is 0 Å². The fraction of sp³-hybridized carbons (Fsp3) is 0.375. The third kappa shape index (κ3) is 2.51. The topological polar surface area (TPSA) is 54.0 Å².